The van der Waals surface area contributed by atoms with Crippen LogP contribution in [-0.4, -0.2) is 5.11 Å². The van der Waals surface area contributed by atoms with Gasteiger partial charge in [-0.05, 0) is 30.2 Å². The minimum atomic E-state index is -1.48. The van der Waals surface area contributed by atoms with Gasteiger partial charge in [-0.1, -0.05) is 60.7 Å². The molecule has 0 bridgehead atoms. The van der Waals surface area contributed by atoms with E-state index in [1.807, 2.05) is 60.7 Å². The smallest absolute Gasteiger partial charge is 0.137 e. The van der Waals surface area contributed by atoms with Gasteiger partial charge in [0.2, 0.25) is 0 Å². The highest BCUT2D eigenvalue weighted by molar-refractivity contribution is 5.40. The van der Waals surface area contributed by atoms with E-state index < -0.39 is 5.72 Å². The molecule has 26 heavy (non-hydrogen) atoms. The predicted octanol–water partition coefficient (Wildman–Crippen LogP) is 3.97. The van der Waals surface area contributed by atoms with Gasteiger partial charge in [-0.2, -0.15) is 0 Å². The predicted molar refractivity (Wildman–Crippen MR) is 102 cm³/mol. The van der Waals surface area contributed by atoms with Gasteiger partial charge in [0.1, 0.15) is 30.4 Å². The summed E-state index contributed by atoms with van der Waals surface area (Å²) < 4.78 is 11.7. The molecule has 0 heterocycles. The molecule has 1 unspecified atom stereocenters. The molecule has 1 atom stereocenters. The molecule has 4 nitrogen and oxygen atoms in total. The zero-order valence-electron chi connectivity index (χ0n) is 14.8. The van der Waals surface area contributed by atoms with Crippen molar-refractivity contribution >= 4 is 0 Å². The van der Waals surface area contributed by atoms with Gasteiger partial charge >= 0.3 is 0 Å². The van der Waals surface area contributed by atoms with Crippen LogP contribution in [0.1, 0.15) is 23.6 Å². The average molecular weight is 349 g/mol. The second-order valence-electron chi connectivity index (χ2n) is 6.39. The number of ether oxygens (including phenoxy) is 2. The lowest BCUT2D eigenvalue weighted by atomic mass is 10.1. The Labute approximate surface area is 153 Å². The standard InChI is InChI=1S/C22H23NO3/c1-22(23,24)19-12-20(25-15-17-8-4-2-5-9-17)14-21(13-19)26-16-18-10-6-3-7-11-18/h2-14,24H,15-16,23H2,1H3. The summed E-state index contributed by atoms with van der Waals surface area (Å²) in [7, 11) is 0. The van der Waals surface area contributed by atoms with Gasteiger partial charge in [0.25, 0.3) is 0 Å². The zero-order valence-corrected chi connectivity index (χ0v) is 14.8. The number of benzene rings is 3. The Morgan fingerprint density at radius 2 is 1.19 bits per heavy atom. The van der Waals surface area contributed by atoms with Crippen LogP contribution in [0.25, 0.3) is 0 Å². The highest BCUT2D eigenvalue weighted by atomic mass is 16.5. The van der Waals surface area contributed by atoms with Crippen LogP contribution in [0.3, 0.4) is 0 Å². The SMILES string of the molecule is CC(N)(O)c1cc(OCc2ccccc2)cc(OCc2ccccc2)c1. The molecule has 3 rings (SSSR count). The minimum absolute atomic E-state index is 0.426. The van der Waals surface area contributed by atoms with Gasteiger partial charge in [0, 0.05) is 11.6 Å². The third-order valence-corrected chi connectivity index (χ3v) is 3.96. The van der Waals surface area contributed by atoms with Crippen LogP contribution in [0.15, 0.2) is 78.9 Å². The summed E-state index contributed by atoms with van der Waals surface area (Å²) in [4.78, 5) is 0. The Kier molecular flexibility index (Phi) is 5.56. The third kappa shape index (κ3) is 5.09. The van der Waals surface area contributed by atoms with Crippen LogP contribution in [0, 0.1) is 0 Å². The highest BCUT2D eigenvalue weighted by Crippen LogP contribution is 2.28. The Hall–Kier alpha value is -2.82. The molecule has 0 fully saturated rings. The number of aliphatic hydroxyl groups is 1. The zero-order chi connectivity index (χ0) is 18.4. The molecule has 3 N–H and O–H groups in total. The summed E-state index contributed by atoms with van der Waals surface area (Å²) in [5.74, 6) is 1.19. The van der Waals surface area contributed by atoms with Gasteiger partial charge in [-0.15, -0.1) is 0 Å². The Morgan fingerprint density at radius 1 is 0.769 bits per heavy atom. The van der Waals surface area contributed by atoms with Crippen LogP contribution in [0.4, 0.5) is 0 Å². The molecule has 0 saturated heterocycles. The first-order valence-electron chi connectivity index (χ1n) is 8.51. The lowest BCUT2D eigenvalue weighted by Gasteiger charge is -2.20. The molecular formula is C22H23NO3. The maximum atomic E-state index is 10.2. The van der Waals surface area contributed by atoms with E-state index in [0.717, 1.165) is 11.1 Å². The first kappa shape index (κ1) is 18.0. The Balaban J connectivity index is 1.77. The Morgan fingerprint density at radius 3 is 1.58 bits per heavy atom. The summed E-state index contributed by atoms with van der Waals surface area (Å²) in [6.45, 7) is 2.38. The van der Waals surface area contributed by atoms with Gasteiger partial charge in [0.15, 0.2) is 0 Å². The number of hydrogen-bond donors (Lipinski definition) is 2. The first-order valence-corrected chi connectivity index (χ1v) is 8.51. The Bertz CT molecular complexity index is 765. The fourth-order valence-corrected chi connectivity index (χ4v) is 2.51. The highest BCUT2D eigenvalue weighted by Gasteiger charge is 2.19. The van der Waals surface area contributed by atoms with Crippen molar-refractivity contribution in [3.8, 4) is 11.5 Å². The van der Waals surface area contributed by atoms with Crippen LogP contribution >= 0.6 is 0 Å². The van der Waals surface area contributed by atoms with Gasteiger partial charge < -0.3 is 20.3 Å². The lowest BCUT2D eigenvalue weighted by molar-refractivity contribution is 0.0640. The second kappa shape index (κ2) is 8.04. The van der Waals surface area contributed by atoms with E-state index in [4.69, 9.17) is 15.2 Å². The fourth-order valence-electron chi connectivity index (χ4n) is 2.51. The summed E-state index contributed by atoms with van der Waals surface area (Å²) in [6, 6.07) is 25.1. The molecular weight excluding hydrogens is 326 g/mol. The molecule has 0 aliphatic rings. The van der Waals surface area contributed by atoms with Gasteiger partial charge in [-0.25, -0.2) is 0 Å². The lowest BCUT2D eigenvalue weighted by Crippen LogP contribution is -2.32. The summed E-state index contributed by atoms with van der Waals surface area (Å²) >= 11 is 0. The summed E-state index contributed by atoms with van der Waals surface area (Å²) in [6.07, 6.45) is 0. The largest absolute Gasteiger partial charge is 0.489 e. The van der Waals surface area contributed by atoms with Crippen molar-refractivity contribution in [3.63, 3.8) is 0 Å². The van der Waals surface area contributed by atoms with Crippen molar-refractivity contribution in [1.82, 2.24) is 0 Å². The van der Waals surface area contributed by atoms with Crippen molar-refractivity contribution < 1.29 is 14.6 Å². The van der Waals surface area contributed by atoms with E-state index in [1.165, 1.54) is 6.92 Å². The number of nitrogens with two attached hydrogens (primary N) is 1. The second-order valence-corrected chi connectivity index (χ2v) is 6.39. The molecule has 0 aliphatic heterocycles. The third-order valence-electron chi connectivity index (χ3n) is 3.96. The van der Waals surface area contributed by atoms with E-state index in [9.17, 15) is 5.11 Å². The molecule has 0 amide bonds. The van der Waals surface area contributed by atoms with Crippen molar-refractivity contribution in [1.29, 1.82) is 0 Å². The van der Waals surface area contributed by atoms with Gasteiger partial charge in [-0.3, -0.25) is 0 Å². The van der Waals surface area contributed by atoms with Crippen molar-refractivity contribution in [2.45, 2.75) is 25.9 Å². The van der Waals surface area contributed by atoms with Gasteiger partial charge in [0.05, 0.1) is 0 Å². The summed E-state index contributed by atoms with van der Waals surface area (Å²) in [5.41, 5.74) is 7.03. The van der Waals surface area contributed by atoms with Crippen LogP contribution in [0.5, 0.6) is 11.5 Å². The van der Waals surface area contributed by atoms with E-state index in [-0.39, 0.29) is 0 Å². The molecule has 3 aromatic carbocycles. The first-order chi connectivity index (χ1) is 12.5. The van der Waals surface area contributed by atoms with E-state index in [2.05, 4.69) is 0 Å². The van der Waals surface area contributed by atoms with E-state index >= 15 is 0 Å². The molecule has 4 heteroatoms. The van der Waals surface area contributed by atoms with Crippen molar-refractivity contribution in [2.24, 2.45) is 5.73 Å². The molecule has 0 radical (unpaired) electrons. The maximum absolute atomic E-state index is 10.2. The van der Waals surface area contributed by atoms with E-state index in [1.54, 1.807) is 18.2 Å². The van der Waals surface area contributed by atoms with Crippen LogP contribution < -0.4 is 15.2 Å². The van der Waals surface area contributed by atoms with Crippen molar-refractivity contribution in [2.75, 3.05) is 0 Å². The normalized spacial score (nSPS) is 13.0. The van der Waals surface area contributed by atoms with Crippen molar-refractivity contribution in [3.05, 3.63) is 95.6 Å². The van der Waals surface area contributed by atoms with Crippen LogP contribution in [-0.2, 0) is 18.9 Å². The molecule has 134 valence electrons. The summed E-state index contributed by atoms with van der Waals surface area (Å²) in [5, 5.41) is 10.2. The fraction of sp³-hybridized carbons (Fsp3) is 0.182. The molecule has 0 spiro atoms. The molecule has 0 aromatic heterocycles. The van der Waals surface area contributed by atoms with Crippen LogP contribution in [0.2, 0.25) is 0 Å². The monoisotopic (exact) mass is 349 g/mol. The average Bonchev–Trinajstić information content (AvgIpc) is 2.66. The maximum Gasteiger partial charge on any atom is 0.137 e. The molecule has 0 saturated carbocycles. The topological polar surface area (TPSA) is 64.7 Å². The minimum Gasteiger partial charge on any atom is -0.489 e. The molecule has 3 aromatic rings. The quantitative estimate of drug-likeness (QED) is 0.634. The number of hydrogen-bond acceptors (Lipinski definition) is 4. The molecule has 0 aliphatic carbocycles. The van der Waals surface area contributed by atoms with E-state index in [0.29, 0.717) is 30.3 Å². The number of rotatable bonds is 7.